The summed E-state index contributed by atoms with van der Waals surface area (Å²) < 4.78 is 42.1. The molecule has 0 aliphatic heterocycles. The van der Waals surface area contributed by atoms with Crippen molar-refractivity contribution in [2.45, 2.75) is 19.6 Å². The molecule has 0 atom stereocenters. The lowest BCUT2D eigenvalue weighted by Crippen LogP contribution is -2.33. The quantitative estimate of drug-likeness (QED) is 0.492. The standard InChI is InChI=1S/C24H19F3N4O2/c1-16-6-11-21(23(33)31(16)20-5-2-4-18(14-20)24(25,26)27)22(32)28-15-17-7-9-19(10-8-17)30-13-3-12-29-30/h2-14H,15H2,1H3,(H,28,32). The molecule has 1 amide bonds. The van der Waals surface area contributed by atoms with Gasteiger partial charge in [0.15, 0.2) is 0 Å². The van der Waals surface area contributed by atoms with Gasteiger partial charge in [-0.25, -0.2) is 4.68 Å². The predicted molar refractivity (Wildman–Crippen MR) is 117 cm³/mol. The number of amides is 1. The van der Waals surface area contributed by atoms with E-state index >= 15 is 0 Å². The van der Waals surface area contributed by atoms with Crippen molar-refractivity contribution in [3.8, 4) is 11.4 Å². The van der Waals surface area contributed by atoms with Gasteiger partial charge in [0.1, 0.15) is 5.56 Å². The first kappa shape index (κ1) is 22.1. The summed E-state index contributed by atoms with van der Waals surface area (Å²) in [5.74, 6) is -0.614. The van der Waals surface area contributed by atoms with Gasteiger partial charge in [0.25, 0.3) is 11.5 Å². The number of aryl methyl sites for hydroxylation is 1. The van der Waals surface area contributed by atoms with Crippen LogP contribution in [-0.2, 0) is 12.7 Å². The molecule has 0 bridgehead atoms. The third kappa shape index (κ3) is 4.72. The number of hydrogen-bond acceptors (Lipinski definition) is 3. The number of hydrogen-bond donors (Lipinski definition) is 1. The zero-order valence-corrected chi connectivity index (χ0v) is 17.5. The van der Waals surface area contributed by atoms with E-state index in [1.54, 1.807) is 17.8 Å². The number of rotatable bonds is 5. The molecule has 6 nitrogen and oxygen atoms in total. The number of nitrogens with zero attached hydrogens (tertiary/aromatic N) is 3. The molecule has 33 heavy (non-hydrogen) atoms. The summed E-state index contributed by atoms with van der Waals surface area (Å²) in [7, 11) is 0. The number of nitrogens with one attached hydrogen (secondary N) is 1. The molecule has 0 fully saturated rings. The molecule has 0 saturated carbocycles. The number of carbonyl (C=O) groups is 1. The van der Waals surface area contributed by atoms with E-state index < -0.39 is 23.2 Å². The summed E-state index contributed by atoms with van der Waals surface area (Å²) in [4.78, 5) is 25.7. The summed E-state index contributed by atoms with van der Waals surface area (Å²) in [5.41, 5.74) is 0.384. The van der Waals surface area contributed by atoms with Crippen LogP contribution in [0, 0.1) is 6.92 Å². The number of halogens is 3. The molecule has 0 aliphatic carbocycles. The molecule has 168 valence electrons. The van der Waals surface area contributed by atoms with Crippen molar-refractivity contribution in [3.05, 3.63) is 112 Å². The van der Waals surface area contributed by atoms with Gasteiger partial charge >= 0.3 is 6.18 Å². The van der Waals surface area contributed by atoms with Crippen LogP contribution in [-0.4, -0.2) is 20.3 Å². The summed E-state index contributed by atoms with van der Waals surface area (Å²) in [5, 5.41) is 6.84. The van der Waals surface area contributed by atoms with Crippen LogP contribution in [0.25, 0.3) is 11.4 Å². The van der Waals surface area contributed by atoms with Crippen molar-refractivity contribution < 1.29 is 18.0 Å². The van der Waals surface area contributed by atoms with Crippen molar-refractivity contribution in [2.24, 2.45) is 0 Å². The van der Waals surface area contributed by atoms with E-state index in [9.17, 15) is 22.8 Å². The van der Waals surface area contributed by atoms with Crippen molar-refractivity contribution >= 4 is 5.91 Å². The summed E-state index contributed by atoms with van der Waals surface area (Å²) in [6, 6.07) is 16.5. The average molecular weight is 452 g/mol. The van der Waals surface area contributed by atoms with E-state index in [0.717, 1.165) is 28.0 Å². The Hall–Kier alpha value is -4.14. The van der Waals surface area contributed by atoms with Crippen LogP contribution in [0.15, 0.2) is 83.9 Å². The average Bonchev–Trinajstić information content (AvgIpc) is 3.33. The highest BCUT2D eigenvalue weighted by molar-refractivity contribution is 5.93. The molecule has 4 aromatic rings. The highest BCUT2D eigenvalue weighted by atomic mass is 19.4. The highest BCUT2D eigenvalue weighted by Gasteiger charge is 2.30. The fourth-order valence-corrected chi connectivity index (χ4v) is 3.41. The number of alkyl halides is 3. The second-order valence-electron chi connectivity index (χ2n) is 7.38. The van der Waals surface area contributed by atoms with Gasteiger partial charge in [0, 0.05) is 30.3 Å². The SMILES string of the molecule is Cc1ccc(C(=O)NCc2ccc(-n3cccn3)cc2)c(=O)n1-c1cccc(C(F)(F)F)c1. The van der Waals surface area contributed by atoms with Crippen LogP contribution >= 0.6 is 0 Å². The molecule has 4 rings (SSSR count). The molecule has 0 aliphatic rings. The fourth-order valence-electron chi connectivity index (χ4n) is 3.41. The monoisotopic (exact) mass is 452 g/mol. The van der Waals surface area contributed by atoms with Crippen molar-refractivity contribution in [3.63, 3.8) is 0 Å². The zero-order chi connectivity index (χ0) is 23.6. The van der Waals surface area contributed by atoms with E-state index in [0.29, 0.717) is 5.69 Å². The summed E-state index contributed by atoms with van der Waals surface area (Å²) >= 11 is 0. The number of aromatic nitrogens is 3. The molecule has 0 spiro atoms. The molecular formula is C24H19F3N4O2. The highest BCUT2D eigenvalue weighted by Crippen LogP contribution is 2.30. The van der Waals surface area contributed by atoms with Crippen molar-refractivity contribution in [1.82, 2.24) is 19.7 Å². The Bertz CT molecular complexity index is 1340. The fraction of sp³-hybridized carbons (Fsp3) is 0.125. The Morgan fingerprint density at radius 2 is 1.76 bits per heavy atom. The number of carbonyl (C=O) groups excluding carboxylic acids is 1. The lowest BCUT2D eigenvalue weighted by atomic mass is 10.1. The summed E-state index contributed by atoms with van der Waals surface area (Å²) in [6.45, 7) is 1.76. The maximum atomic E-state index is 13.1. The Balaban J connectivity index is 1.55. The molecule has 2 aromatic heterocycles. The first-order chi connectivity index (χ1) is 15.7. The first-order valence-electron chi connectivity index (χ1n) is 10.0. The third-order valence-electron chi connectivity index (χ3n) is 5.11. The minimum Gasteiger partial charge on any atom is -0.348 e. The molecule has 2 heterocycles. The third-order valence-corrected chi connectivity index (χ3v) is 5.11. The van der Waals surface area contributed by atoms with E-state index in [1.807, 2.05) is 36.5 Å². The number of pyridine rings is 1. The van der Waals surface area contributed by atoms with Gasteiger partial charge in [-0.05, 0) is 61.0 Å². The van der Waals surface area contributed by atoms with Gasteiger partial charge in [0.2, 0.25) is 0 Å². The van der Waals surface area contributed by atoms with Crippen LogP contribution in [0.2, 0.25) is 0 Å². The van der Waals surface area contributed by atoms with Gasteiger partial charge in [-0.3, -0.25) is 14.2 Å². The predicted octanol–water partition coefficient (Wildman–Crippen LogP) is 4.28. The maximum Gasteiger partial charge on any atom is 0.416 e. The maximum absolute atomic E-state index is 13.1. The Morgan fingerprint density at radius 3 is 2.42 bits per heavy atom. The Morgan fingerprint density at radius 1 is 1.00 bits per heavy atom. The molecule has 9 heteroatoms. The minimum atomic E-state index is -4.55. The normalized spacial score (nSPS) is 11.4. The second-order valence-corrected chi connectivity index (χ2v) is 7.38. The lowest BCUT2D eigenvalue weighted by molar-refractivity contribution is -0.137. The van der Waals surface area contributed by atoms with Gasteiger partial charge in [-0.1, -0.05) is 18.2 Å². The van der Waals surface area contributed by atoms with E-state index in [2.05, 4.69) is 10.4 Å². The summed E-state index contributed by atoms with van der Waals surface area (Å²) in [6.07, 6.45) is -1.07. The van der Waals surface area contributed by atoms with E-state index in [4.69, 9.17) is 0 Å². The topological polar surface area (TPSA) is 68.9 Å². The van der Waals surface area contributed by atoms with Gasteiger partial charge < -0.3 is 5.32 Å². The molecular weight excluding hydrogens is 433 g/mol. The smallest absolute Gasteiger partial charge is 0.348 e. The Labute approximate surface area is 186 Å². The molecule has 0 unspecified atom stereocenters. The molecule has 0 radical (unpaired) electrons. The van der Waals surface area contributed by atoms with Crippen molar-refractivity contribution in [2.75, 3.05) is 0 Å². The van der Waals surface area contributed by atoms with Gasteiger partial charge in [-0.2, -0.15) is 18.3 Å². The molecule has 1 N–H and O–H groups in total. The largest absolute Gasteiger partial charge is 0.416 e. The first-order valence-corrected chi connectivity index (χ1v) is 10.0. The van der Waals surface area contributed by atoms with Gasteiger partial charge in [0.05, 0.1) is 11.3 Å². The molecule has 2 aromatic carbocycles. The van der Waals surface area contributed by atoms with Crippen LogP contribution in [0.4, 0.5) is 13.2 Å². The Kier molecular flexibility index (Phi) is 5.87. The molecule has 0 saturated heterocycles. The van der Waals surface area contributed by atoms with Crippen LogP contribution in [0.3, 0.4) is 0 Å². The van der Waals surface area contributed by atoms with Crippen molar-refractivity contribution in [1.29, 1.82) is 0 Å². The van der Waals surface area contributed by atoms with E-state index in [-0.39, 0.29) is 17.8 Å². The zero-order valence-electron chi connectivity index (χ0n) is 17.5. The lowest BCUT2D eigenvalue weighted by Gasteiger charge is -2.14. The van der Waals surface area contributed by atoms with E-state index in [1.165, 1.54) is 24.3 Å². The van der Waals surface area contributed by atoms with Crippen LogP contribution in [0.5, 0.6) is 0 Å². The number of benzene rings is 2. The second kappa shape index (κ2) is 8.78. The van der Waals surface area contributed by atoms with Crippen LogP contribution in [0.1, 0.15) is 27.2 Å². The minimum absolute atomic E-state index is 0.0381. The van der Waals surface area contributed by atoms with Gasteiger partial charge in [-0.15, -0.1) is 0 Å². The van der Waals surface area contributed by atoms with Crippen LogP contribution < -0.4 is 10.9 Å².